The maximum atomic E-state index is 10.8. The summed E-state index contributed by atoms with van der Waals surface area (Å²) in [6, 6.07) is 5.42. The van der Waals surface area contributed by atoms with Gasteiger partial charge in [-0.2, -0.15) is 0 Å². The summed E-state index contributed by atoms with van der Waals surface area (Å²) in [6.45, 7) is 2.99. The molecule has 1 saturated heterocycles. The molecule has 0 spiro atoms. The number of benzene rings is 1. The van der Waals surface area contributed by atoms with Crippen molar-refractivity contribution < 1.29 is 19.4 Å². The second kappa shape index (κ2) is 6.26. The van der Waals surface area contributed by atoms with Crippen LogP contribution < -0.4 is 4.74 Å². The van der Waals surface area contributed by atoms with Crippen molar-refractivity contribution in [2.24, 2.45) is 5.92 Å². The molecule has 0 bridgehead atoms. The van der Waals surface area contributed by atoms with E-state index in [0.717, 1.165) is 18.6 Å². The first-order chi connectivity index (χ1) is 9.06. The van der Waals surface area contributed by atoms with E-state index in [4.69, 9.17) is 26.2 Å². The van der Waals surface area contributed by atoms with Crippen molar-refractivity contribution >= 4 is 17.6 Å². The highest BCUT2D eigenvalue weighted by Crippen LogP contribution is 2.28. The molecule has 0 saturated carbocycles. The van der Waals surface area contributed by atoms with Crippen molar-refractivity contribution in [2.75, 3.05) is 13.2 Å². The zero-order chi connectivity index (χ0) is 13.8. The lowest BCUT2D eigenvalue weighted by atomic mass is 10.0. The van der Waals surface area contributed by atoms with Gasteiger partial charge in [-0.1, -0.05) is 24.6 Å². The number of hydrogen-bond donors (Lipinski definition) is 1. The zero-order valence-corrected chi connectivity index (χ0v) is 11.5. The van der Waals surface area contributed by atoms with Crippen molar-refractivity contribution in [2.45, 2.75) is 25.9 Å². The molecule has 1 aromatic rings. The van der Waals surface area contributed by atoms with Crippen LogP contribution in [0, 0.1) is 5.92 Å². The molecule has 1 aliphatic heterocycles. The molecule has 4 nitrogen and oxygen atoms in total. The second-order valence-electron chi connectivity index (χ2n) is 4.81. The predicted octanol–water partition coefficient (Wildman–Crippen LogP) is 2.77. The first-order valence-corrected chi connectivity index (χ1v) is 6.69. The maximum absolute atomic E-state index is 10.8. The average Bonchev–Trinajstić information content (AvgIpc) is 2.85. The molecule has 1 aromatic carbocycles. The molecule has 0 radical (unpaired) electrons. The summed E-state index contributed by atoms with van der Waals surface area (Å²) in [5.74, 6) is -0.602. The Labute approximate surface area is 117 Å². The molecule has 19 heavy (non-hydrogen) atoms. The summed E-state index contributed by atoms with van der Waals surface area (Å²) in [6.07, 6.45) is 1.39. The fourth-order valence-corrected chi connectivity index (χ4v) is 2.24. The van der Waals surface area contributed by atoms with Crippen molar-refractivity contribution in [3.63, 3.8) is 0 Å². The lowest BCUT2D eigenvalue weighted by Crippen LogP contribution is -2.16. The van der Waals surface area contributed by atoms with Crippen molar-refractivity contribution in [3.05, 3.63) is 28.8 Å². The van der Waals surface area contributed by atoms with Crippen LogP contribution in [0.4, 0.5) is 0 Å². The monoisotopic (exact) mass is 284 g/mol. The topological polar surface area (TPSA) is 55.8 Å². The minimum Gasteiger partial charge on any atom is -0.486 e. The molecule has 0 aliphatic carbocycles. The van der Waals surface area contributed by atoms with E-state index < -0.39 is 11.9 Å². The lowest BCUT2D eigenvalue weighted by Gasteiger charge is -2.14. The first kappa shape index (κ1) is 14.2. The minimum atomic E-state index is -0.806. The van der Waals surface area contributed by atoms with E-state index in [1.165, 1.54) is 0 Å². The van der Waals surface area contributed by atoms with Crippen molar-refractivity contribution in [3.8, 4) is 5.75 Å². The smallest absolute Gasteiger partial charge is 0.306 e. The molecule has 104 valence electrons. The van der Waals surface area contributed by atoms with Gasteiger partial charge >= 0.3 is 5.97 Å². The Hall–Kier alpha value is -1.26. The number of aliphatic carboxylic acids is 1. The third-order valence-corrected chi connectivity index (χ3v) is 3.44. The third kappa shape index (κ3) is 3.85. The van der Waals surface area contributed by atoms with Crippen LogP contribution in [0.15, 0.2) is 18.2 Å². The van der Waals surface area contributed by atoms with Gasteiger partial charge in [-0.25, -0.2) is 0 Å². The highest BCUT2D eigenvalue weighted by atomic mass is 35.5. The average molecular weight is 285 g/mol. The highest BCUT2D eigenvalue weighted by molar-refractivity contribution is 6.32. The molecular weight excluding hydrogens is 268 g/mol. The molecule has 2 unspecified atom stereocenters. The quantitative estimate of drug-likeness (QED) is 0.903. The van der Waals surface area contributed by atoms with E-state index in [1.807, 2.05) is 6.07 Å². The Kier molecular flexibility index (Phi) is 4.66. The van der Waals surface area contributed by atoms with E-state index in [1.54, 1.807) is 19.1 Å². The molecule has 1 aliphatic rings. The summed E-state index contributed by atoms with van der Waals surface area (Å²) in [5, 5.41) is 9.40. The number of ether oxygens (including phenoxy) is 2. The fourth-order valence-electron chi connectivity index (χ4n) is 1.99. The van der Waals surface area contributed by atoms with Crippen LogP contribution in [-0.2, 0) is 16.0 Å². The van der Waals surface area contributed by atoms with Gasteiger partial charge in [0.25, 0.3) is 0 Å². The Morgan fingerprint density at radius 3 is 3.00 bits per heavy atom. The first-order valence-electron chi connectivity index (χ1n) is 6.32. The van der Waals surface area contributed by atoms with Gasteiger partial charge in [0.05, 0.1) is 24.2 Å². The standard InChI is InChI=1S/C14H17ClO4/c1-9(14(16)17)6-10-2-3-13(12(15)7-10)19-11-4-5-18-8-11/h2-3,7,9,11H,4-6,8H2,1H3,(H,16,17). The number of carboxylic acid groups (broad SMARTS) is 1. The Morgan fingerprint density at radius 1 is 1.63 bits per heavy atom. The Bertz CT molecular complexity index is 455. The number of rotatable bonds is 5. The molecule has 5 heteroatoms. The second-order valence-corrected chi connectivity index (χ2v) is 5.22. The van der Waals surface area contributed by atoms with E-state index in [9.17, 15) is 4.79 Å². The van der Waals surface area contributed by atoms with E-state index >= 15 is 0 Å². The summed E-state index contributed by atoms with van der Waals surface area (Å²) < 4.78 is 11.0. The van der Waals surface area contributed by atoms with Gasteiger partial charge in [0, 0.05) is 6.42 Å². The normalized spacial score (nSPS) is 20.2. The number of halogens is 1. The zero-order valence-electron chi connectivity index (χ0n) is 10.8. The molecule has 2 atom stereocenters. The highest BCUT2D eigenvalue weighted by Gasteiger charge is 2.19. The largest absolute Gasteiger partial charge is 0.486 e. The summed E-state index contributed by atoms with van der Waals surface area (Å²) in [7, 11) is 0. The van der Waals surface area contributed by atoms with Gasteiger partial charge in [0.1, 0.15) is 11.9 Å². The van der Waals surface area contributed by atoms with Gasteiger partial charge < -0.3 is 14.6 Å². The summed E-state index contributed by atoms with van der Waals surface area (Å²) in [5.41, 5.74) is 0.898. The number of hydrogen-bond acceptors (Lipinski definition) is 3. The lowest BCUT2D eigenvalue weighted by molar-refractivity contribution is -0.141. The van der Waals surface area contributed by atoms with Gasteiger partial charge in [0.15, 0.2) is 0 Å². The Morgan fingerprint density at radius 2 is 2.42 bits per heavy atom. The Balaban J connectivity index is 2.01. The molecule has 0 aromatic heterocycles. The van der Waals surface area contributed by atoms with Crippen LogP contribution in [0.1, 0.15) is 18.9 Å². The van der Waals surface area contributed by atoms with E-state index in [0.29, 0.717) is 23.8 Å². The SMILES string of the molecule is CC(Cc1ccc(OC2CCOC2)c(Cl)c1)C(=O)O. The van der Waals surface area contributed by atoms with Crippen LogP contribution in [-0.4, -0.2) is 30.4 Å². The van der Waals surface area contributed by atoms with Crippen LogP contribution in [0.25, 0.3) is 0 Å². The van der Waals surface area contributed by atoms with E-state index in [-0.39, 0.29) is 6.10 Å². The molecule has 0 amide bonds. The molecule has 1 fully saturated rings. The van der Waals surface area contributed by atoms with Gasteiger partial charge in [-0.3, -0.25) is 4.79 Å². The number of carboxylic acids is 1. The van der Waals surface area contributed by atoms with E-state index in [2.05, 4.69) is 0 Å². The maximum Gasteiger partial charge on any atom is 0.306 e. The molecular formula is C14H17ClO4. The molecule has 1 N–H and O–H groups in total. The van der Waals surface area contributed by atoms with Gasteiger partial charge in [0.2, 0.25) is 0 Å². The molecule has 1 heterocycles. The van der Waals surface area contributed by atoms with Crippen LogP contribution >= 0.6 is 11.6 Å². The minimum absolute atomic E-state index is 0.0568. The van der Waals surface area contributed by atoms with Crippen molar-refractivity contribution in [1.29, 1.82) is 0 Å². The summed E-state index contributed by atoms with van der Waals surface area (Å²) >= 11 is 6.16. The molecule has 2 rings (SSSR count). The third-order valence-electron chi connectivity index (χ3n) is 3.14. The van der Waals surface area contributed by atoms with Crippen LogP contribution in [0.3, 0.4) is 0 Å². The summed E-state index contributed by atoms with van der Waals surface area (Å²) in [4.78, 5) is 10.8. The predicted molar refractivity (Wildman–Crippen MR) is 71.8 cm³/mol. The van der Waals surface area contributed by atoms with Crippen LogP contribution in [0.5, 0.6) is 5.75 Å². The fraction of sp³-hybridized carbons (Fsp3) is 0.500. The van der Waals surface area contributed by atoms with Crippen LogP contribution in [0.2, 0.25) is 5.02 Å². The number of carbonyl (C=O) groups is 1. The van der Waals surface area contributed by atoms with Crippen molar-refractivity contribution in [1.82, 2.24) is 0 Å². The van der Waals surface area contributed by atoms with Gasteiger partial charge in [-0.15, -0.1) is 0 Å². The van der Waals surface area contributed by atoms with Gasteiger partial charge in [-0.05, 0) is 24.1 Å².